The lowest BCUT2D eigenvalue weighted by Gasteiger charge is -2.24. The van der Waals surface area contributed by atoms with Crippen LogP contribution < -0.4 is 11.1 Å². The standard InChI is InChI=1S/C13H24N2O3/c1-2-10(8-14)7-11(16)15-9-13(12(17)18)5-3-4-6-13/h10H,2-9,14H2,1H3,(H,15,16)(H,17,18). The van der Waals surface area contributed by atoms with Crippen LogP contribution in [0.5, 0.6) is 0 Å². The molecule has 0 aromatic rings. The topological polar surface area (TPSA) is 92.4 Å². The van der Waals surface area contributed by atoms with Gasteiger partial charge in [0.15, 0.2) is 0 Å². The van der Waals surface area contributed by atoms with Crippen molar-refractivity contribution >= 4 is 11.9 Å². The van der Waals surface area contributed by atoms with E-state index in [1.165, 1.54) is 0 Å². The van der Waals surface area contributed by atoms with Crippen LogP contribution in [0.25, 0.3) is 0 Å². The molecule has 0 aliphatic heterocycles. The predicted octanol–water partition coefficient (Wildman–Crippen LogP) is 1.12. The smallest absolute Gasteiger partial charge is 0.311 e. The van der Waals surface area contributed by atoms with Gasteiger partial charge in [-0.3, -0.25) is 9.59 Å². The number of nitrogens with two attached hydrogens (primary N) is 1. The summed E-state index contributed by atoms with van der Waals surface area (Å²) in [6, 6.07) is 0. The Hall–Kier alpha value is -1.10. The number of hydrogen-bond donors (Lipinski definition) is 3. The summed E-state index contributed by atoms with van der Waals surface area (Å²) in [6.45, 7) is 2.75. The van der Waals surface area contributed by atoms with E-state index in [1.54, 1.807) is 0 Å². The van der Waals surface area contributed by atoms with Crippen LogP contribution in [0.1, 0.15) is 45.4 Å². The van der Waals surface area contributed by atoms with Crippen LogP contribution in [-0.4, -0.2) is 30.1 Å². The van der Waals surface area contributed by atoms with Crippen molar-refractivity contribution < 1.29 is 14.7 Å². The molecule has 1 aliphatic rings. The van der Waals surface area contributed by atoms with Gasteiger partial charge < -0.3 is 16.2 Å². The van der Waals surface area contributed by atoms with Gasteiger partial charge in [0, 0.05) is 13.0 Å². The molecule has 4 N–H and O–H groups in total. The molecule has 5 nitrogen and oxygen atoms in total. The zero-order valence-electron chi connectivity index (χ0n) is 11.1. The molecule has 1 atom stereocenters. The van der Waals surface area contributed by atoms with Crippen LogP contribution >= 0.6 is 0 Å². The lowest BCUT2D eigenvalue weighted by molar-refractivity contribution is -0.148. The minimum atomic E-state index is -0.786. The van der Waals surface area contributed by atoms with Gasteiger partial charge in [0.05, 0.1) is 5.41 Å². The summed E-state index contributed by atoms with van der Waals surface area (Å²) in [5.41, 5.74) is 4.81. The molecule has 1 saturated carbocycles. The number of aliphatic carboxylic acids is 1. The molecule has 1 fully saturated rings. The van der Waals surface area contributed by atoms with Crippen molar-refractivity contribution in [3.8, 4) is 0 Å². The van der Waals surface area contributed by atoms with E-state index in [0.29, 0.717) is 25.8 Å². The highest BCUT2D eigenvalue weighted by Gasteiger charge is 2.41. The fourth-order valence-corrected chi connectivity index (χ4v) is 2.51. The monoisotopic (exact) mass is 256 g/mol. The number of rotatable bonds is 7. The second-order valence-electron chi connectivity index (χ2n) is 5.28. The van der Waals surface area contributed by atoms with E-state index in [4.69, 9.17) is 5.73 Å². The van der Waals surface area contributed by atoms with Crippen molar-refractivity contribution in [2.75, 3.05) is 13.1 Å². The highest BCUT2D eigenvalue weighted by molar-refractivity contribution is 5.79. The zero-order chi connectivity index (χ0) is 13.6. The Morgan fingerprint density at radius 2 is 2.00 bits per heavy atom. The summed E-state index contributed by atoms with van der Waals surface area (Å²) in [5, 5.41) is 12.1. The van der Waals surface area contributed by atoms with E-state index in [-0.39, 0.29) is 18.4 Å². The molecule has 0 heterocycles. The molecule has 104 valence electrons. The van der Waals surface area contributed by atoms with Crippen molar-refractivity contribution in [2.45, 2.75) is 45.4 Å². The molecule has 0 radical (unpaired) electrons. The lowest BCUT2D eigenvalue weighted by Crippen LogP contribution is -2.41. The summed E-state index contributed by atoms with van der Waals surface area (Å²) >= 11 is 0. The van der Waals surface area contributed by atoms with Gasteiger partial charge in [-0.1, -0.05) is 26.2 Å². The Morgan fingerprint density at radius 1 is 1.39 bits per heavy atom. The average molecular weight is 256 g/mol. The van der Waals surface area contributed by atoms with Crippen molar-refractivity contribution in [1.29, 1.82) is 0 Å². The summed E-state index contributed by atoms with van der Waals surface area (Å²) in [4.78, 5) is 23.0. The second kappa shape index (κ2) is 6.73. The van der Waals surface area contributed by atoms with Gasteiger partial charge in [-0.15, -0.1) is 0 Å². The first kappa shape index (κ1) is 15.0. The lowest BCUT2D eigenvalue weighted by atomic mass is 9.86. The SMILES string of the molecule is CCC(CN)CC(=O)NCC1(C(=O)O)CCCC1. The van der Waals surface area contributed by atoms with Crippen LogP contribution in [0.15, 0.2) is 0 Å². The molecule has 1 rings (SSSR count). The Balaban J connectivity index is 2.43. The first-order chi connectivity index (χ1) is 8.54. The van der Waals surface area contributed by atoms with Crippen molar-refractivity contribution in [2.24, 2.45) is 17.1 Å². The quantitative estimate of drug-likeness (QED) is 0.636. The number of hydrogen-bond acceptors (Lipinski definition) is 3. The maximum atomic E-state index is 11.7. The van der Waals surface area contributed by atoms with Gasteiger partial charge >= 0.3 is 5.97 Å². The molecule has 18 heavy (non-hydrogen) atoms. The highest BCUT2D eigenvalue weighted by atomic mass is 16.4. The Kier molecular flexibility index (Phi) is 5.59. The second-order valence-corrected chi connectivity index (χ2v) is 5.28. The molecule has 1 amide bonds. The van der Waals surface area contributed by atoms with Crippen LogP contribution in [-0.2, 0) is 9.59 Å². The van der Waals surface area contributed by atoms with E-state index < -0.39 is 11.4 Å². The van der Waals surface area contributed by atoms with Crippen LogP contribution in [0.4, 0.5) is 0 Å². The fourth-order valence-electron chi connectivity index (χ4n) is 2.51. The van der Waals surface area contributed by atoms with Gasteiger partial charge in [-0.25, -0.2) is 0 Å². The van der Waals surface area contributed by atoms with Crippen LogP contribution in [0.3, 0.4) is 0 Å². The van der Waals surface area contributed by atoms with Crippen molar-refractivity contribution in [3.63, 3.8) is 0 Å². The molecular weight excluding hydrogens is 232 g/mol. The fraction of sp³-hybridized carbons (Fsp3) is 0.846. The third-order valence-electron chi connectivity index (χ3n) is 4.02. The van der Waals surface area contributed by atoms with E-state index in [1.807, 2.05) is 6.92 Å². The molecular formula is C13H24N2O3. The van der Waals surface area contributed by atoms with Crippen molar-refractivity contribution in [1.82, 2.24) is 5.32 Å². The first-order valence-corrected chi connectivity index (χ1v) is 6.74. The maximum absolute atomic E-state index is 11.7. The molecule has 0 spiro atoms. The van der Waals surface area contributed by atoms with Gasteiger partial charge in [0.25, 0.3) is 0 Å². The molecule has 0 bridgehead atoms. The first-order valence-electron chi connectivity index (χ1n) is 6.74. The van der Waals surface area contributed by atoms with Gasteiger partial charge in [-0.05, 0) is 25.3 Å². The molecule has 0 aromatic carbocycles. The summed E-state index contributed by atoms with van der Waals surface area (Å²) in [6.07, 6.45) is 4.45. The van der Waals surface area contributed by atoms with Gasteiger partial charge in [0.2, 0.25) is 5.91 Å². The number of amides is 1. The molecule has 0 saturated heterocycles. The minimum absolute atomic E-state index is 0.0835. The number of carboxylic acids is 1. The third kappa shape index (κ3) is 3.70. The Labute approximate surface area is 108 Å². The summed E-state index contributed by atoms with van der Waals surface area (Å²) < 4.78 is 0. The Morgan fingerprint density at radius 3 is 2.44 bits per heavy atom. The van der Waals surface area contributed by atoms with Crippen LogP contribution in [0.2, 0.25) is 0 Å². The molecule has 5 heteroatoms. The summed E-state index contributed by atoms with van der Waals surface area (Å²) in [7, 11) is 0. The number of carbonyl (C=O) groups is 2. The largest absolute Gasteiger partial charge is 0.481 e. The number of carbonyl (C=O) groups excluding carboxylic acids is 1. The average Bonchev–Trinajstić information content (AvgIpc) is 2.83. The molecule has 0 aromatic heterocycles. The minimum Gasteiger partial charge on any atom is -0.481 e. The normalized spacial score (nSPS) is 19.4. The molecule has 1 unspecified atom stereocenters. The number of nitrogens with one attached hydrogen (secondary N) is 1. The maximum Gasteiger partial charge on any atom is 0.311 e. The predicted molar refractivity (Wildman–Crippen MR) is 69.0 cm³/mol. The number of carboxylic acid groups (broad SMARTS) is 1. The third-order valence-corrected chi connectivity index (χ3v) is 4.02. The van der Waals surface area contributed by atoms with E-state index in [9.17, 15) is 14.7 Å². The summed E-state index contributed by atoms with van der Waals surface area (Å²) in [5.74, 6) is -0.680. The zero-order valence-corrected chi connectivity index (χ0v) is 11.1. The van der Waals surface area contributed by atoms with E-state index in [2.05, 4.69) is 5.32 Å². The van der Waals surface area contributed by atoms with E-state index >= 15 is 0 Å². The van der Waals surface area contributed by atoms with E-state index in [0.717, 1.165) is 19.3 Å². The highest BCUT2D eigenvalue weighted by Crippen LogP contribution is 2.37. The molecule has 1 aliphatic carbocycles. The Bertz CT molecular complexity index is 295. The van der Waals surface area contributed by atoms with Crippen molar-refractivity contribution in [3.05, 3.63) is 0 Å². The van der Waals surface area contributed by atoms with Gasteiger partial charge in [-0.2, -0.15) is 0 Å². The van der Waals surface area contributed by atoms with Crippen LogP contribution in [0, 0.1) is 11.3 Å². The van der Waals surface area contributed by atoms with Gasteiger partial charge in [0.1, 0.15) is 0 Å².